The van der Waals surface area contributed by atoms with Gasteiger partial charge in [-0.05, 0) is 44.9 Å². The fourth-order valence-corrected chi connectivity index (χ4v) is 7.08. The van der Waals surface area contributed by atoms with Crippen molar-refractivity contribution in [2.24, 2.45) is 0 Å². The first-order chi connectivity index (χ1) is 25.5. The lowest BCUT2D eigenvalue weighted by Crippen LogP contribution is -2.46. The van der Waals surface area contributed by atoms with E-state index in [-0.39, 0.29) is 24.9 Å². The third-order valence-corrected chi connectivity index (χ3v) is 10.6. The molecule has 0 saturated heterocycles. The molecule has 0 saturated carbocycles. The molecule has 0 aromatic rings. The molecule has 0 heterocycles. The number of ether oxygens (including phenoxy) is 1. The zero-order valence-corrected chi connectivity index (χ0v) is 35.0. The summed E-state index contributed by atoms with van der Waals surface area (Å²) in [5.74, 6) is -0.484. The van der Waals surface area contributed by atoms with Crippen LogP contribution in [0, 0.1) is 0 Å². The van der Waals surface area contributed by atoms with Gasteiger partial charge in [0.15, 0.2) is 0 Å². The van der Waals surface area contributed by atoms with Crippen molar-refractivity contribution in [2.75, 3.05) is 6.61 Å². The molecular weight excluding hydrogens is 647 g/mol. The van der Waals surface area contributed by atoms with Crippen LogP contribution in [0.15, 0.2) is 12.2 Å². The second kappa shape index (κ2) is 40.8. The number of hydrogen-bond donors (Lipinski definition) is 3. The van der Waals surface area contributed by atoms with Crippen LogP contribution in [-0.2, 0) is 14.3 Å². The molecule has 0 spiro atoms. The number of carbonyl (C=O) groups is 2. The van der Waals surface area contributed by atoms with Crippen molar-refractivity contribution in [3.8, 4) is 0 Å². The van der Waals surface area contributed by atoms with Gasteiger partial charge in [-0.2, -0.15) is 0 Å². The van der Waals surface area contributed by atoms with Crippen LogP contribution in [0.5, 0.6) is 0 Å². The highest BCUT2D eigenvalue weighted by Gasteiger charge is 2.24. The van der Waals surface area contributed by atoms with E-state index in [4.69, 9.17) is 4.74 Å². The first-order valence-corrected chi connectivity index (χ1v) is 22.9. The summed E-state index contributed by atoms with van der Waals surface area (Å²) in [6, 6.07) is -0.697. The van der Waals surface area contributed by atoms with Crippen molar-refractivity contribution in [3.05, 3.63) is 12.2 Å². The van der Waals surface area contributed by atoms with Gasteiger partial charge in [-0.1, -0.05) is 200 Å². The van der Waals surface area contributed by atoms with Crippen LogP contribution in [-0.4, -0.2) is 46.9 Å². The van der Waals surface area contributed by atoms with E-state index in [0.29, 0.717) is 19.3 Å². The number of esters is 1. The zero-order chi connectivity index (χ0) is 38.2. The van der Waals surface area contributed by atoms with Gasteiger partial charge in [-0.25, -0.2) is 0 Å². The molecule has 6 heteroatoms. The Morgan fingerprint density at radius 2 is 0.962 bits per heavy atom. The summed E-state index contributed by atoms with van der Waals surface area (Å²) in [6.45, 7) is 6.40. The largest absolute Gasteiger partial charge is 0.462 e. The Morgan fingerprint density at radius 3 is 1.44 bits per heavy atom. The van der Waals surface area contributed by atoms with E-state index < -0.39 is 18.2 Å². The van der Waals surface area contributed by atoms with Crippen molar-refractivity contribution in [3.63, 3.8) is 0 Å². The van der Waals surface area contributed by atoms with Crippen LogP contribution in [0.3, 0.4) is 0 Å². The minimum absolute atomic E-state index is 0.0720. The van der Waals surface area contributed by atoms with Crippen molar-refractivity contribution < 1.29 is 24.5 Å². The number of aliphatic hydroxyl groups is 2. The standard InChI is InChI=1S/C46H89NO5/c1-4-7-10-13-16-19-21-23-24-26-29-32-35-38-44(49)43(41-48)47-45(50)40-42(37-34-31-28-18-15-12-9-6-3)52-46(51)39-36-33-30-27-25-22-20-17-14-11-8-5-2/h12,15,42-44,48-49H,4-11,13-14,16-41H2,1-3H3,(H,47,50)/b15-12-. The fraction of sp³-hybridized carbons (Fsp3) is 0.913. The average Bonchev–Trinajstić information content (AvgIpc) is 3.13. The second-order valence-electron chi connectivity index (χ2n) is 15.8. The smallest absolute Gasteiger partial charge is 0.306 e. The third-order valence-electron chi connectivity index (χ3n) is 10.6. The molecule has 0 aliphatic carbocycles. The molecule has 0 aliphatic rings. The maximum absolute atomic E-state index is 13.1. The maximum Gasteiger partial charge on any atom is 0.306 e. The summed E-state index contributed by atoms with van der Waals surface area (Å²) in [7, 11) is 0. The molecule has 3 unspecified atom stereocenters. The number of allylic oxidation sites excluding steroid dienone is 2. The predicted octanol–water partition coefficient (Wildman–Crippen LogP) is 13.0. The van der Waals surface area contributed by atoms with Gasteiger partial charge in [-0.15, -0.1) is 0 Å². The molecule has 6 nitrogen and oxygen atoms in total. The molecule has 0 radical (unpaired) electrons. The van der Waals surface area contributed by atoms with Crippen molar-refractivity contribution in [1.29, 1.82) is 0 Å². The lowest BCUT2D eigenvalue weighted by atomic mass is 10.0. The van der Waals surface area contributed by atoms with Crippen molar-refractivity contribution in [2.45, 2.75) is 264 Å². The fourth-order valence-electron chi connectivity index (χ4n) is 7.08. The molecule has 1 amide bonds. The summed E-state index contributed by atoms with van der Waals surface area (Å²) in [5, 5.41) is 23.6. The molecule has 0 fully saturated rings. The summed E-state index contributed by atoms with van der Waals surface area (Å²) in [4.78, 5) is 25.9. The molecule has 0 aliphatic heterocycles. The number of unbranched alkanes of at least 4 members (excludes halogenated alkanes) is 27. The molecule has 3 N–H and O–H groups in total. The van der Waals surface area contributed by atoms with Gasteiger partial charge < -0.3 is 20.3 Å². The average molecular weight is 736 g/mol. The quantitative estimate of drug-likeness (QED) is 0.0330. The van der Waals surface area contributed by atoms with Crippen LogP contribution in [0.25, 0.3) is 0 Å². The monoisotopic (exact) mass is 736 g/mol. The minimum atomic E-state index is -0.783. The number of aliphatic hydroxyl groups excluding tert-OH is 2. The highest BCUT2D eigenvalue weighted by Crippen LogP contribution is 2.17. The number of carbonyl (C=O) groups excluding carboxylic acids is 2. The van der Waals surface area contributed by atoms with Crippen LogP contribution in [0.4, 0.5) is 0 Å². The normalized spacial score (nSPS) is 13.4. The number of amides is 1. The minimum Gasteiger partial charge on any atom is -0.462 e. The van der Waals surface area contributed by atoms with Crippen LogP contribution < -0.4 is 5.32 Å². The van der Waals surface area contributed by atoms with E-state index in [1.807, 2.05) is 0 Å². The Labute approximate surface area is 323 Å². The van der Waals surface area contributed by atoms with E-state index in [2.05, 4.69) is 38.2 Å². The summed E-state index contributed by atoms with van der Waals surface area (Å²) >= 11 is 0. The summed E-state index contributed by atoms with van der Waals surface area (Å²) < 4.78 is 5.87. The van der Waals surface area contributed by atoms with Gasteiger partial charge in [0, 0.05) is 6.42 Å². The summed E-state index contributed by atoms with van der Waals surface area (Å²) in [5.41, 5.74) is 0. The number of rotatable bonds is 41. The molecule has 0 aromatic carbocycles. The SMILES string of the molecule is CCC/C=C\CCCCCC(CC(=O)NC(CO)C(O)CCCCCCCCCCCCCCC)OC(=O)CCCCCCCCCCCCCC. The molecular formula is C46H89NO5. The lowest BCUT2D eigenvalue weighted by molar-refractivity contribution is -0.151. The van der Waals surface area contributed by atoms with Crippen molar-refractivity contribution >= 4 is 11.9 Å². The van der Waals surface area contributed by atoms with Gasteiger partial charge in [0.05, 0.1) is 25.2 Å². The Balaban J connectivity index is 4.46. The van der Waals surface area contributed by atoms with E-state index >= 15 is 0 Å². The highest BCUT2D eigenvalue weighted by molar-refractivity contribution is 5.77. The van der Waals surface area contributed by atoms with E-state index in [1.54, 1.807) is 0 Å². The number of hydrogen-bond acceptors (Lipinski definition) is 5. The molecule has 0 aromatic heterocycles. The highest BCUT2D eigenvalue weighted by atomic mass is 16.5. The van der Waals surface area contributed by atoms with Gasteiger partial charge in [-0.3, -0.25) is 9.59 Å². The van der Waals surface area contributed by atoms with Crippen molar-refractivity contribution in [1.82, 2.24) is 5.32 Å². The van der Waals surface area contributed by atoms with Gasteiger partial charge in [0.2, 0.25) is 5.91 Å². The Morgan fingerprint density at radius 1 is 0.538 bits per heavy atom. The molecule has 3 atom stereocenters. The molecule has 0 rings (SSSR count). The van der Waals surface area contributed by atoms with E-state index in [0.717, 1.165) is 64.2 Å². The van der Waals surface area contributed by atoms with Gasteiger partial charge in [0.1, 0.15) is 6.10 Å². The molecule has 308 valence electrons. The number of nitrogens with one attached hydrogen (secondary N) is 1. The zero-order valence-electron chi connectivity index (χ0n) is 35.0. The van der Waals surface area contributed by atoms with Gasteiger partial charge >= 0.3 is 5.97 Å². The lowest BCUT2D eigenvalue weighted by Gasteiger charge is -2.24. The molecule has 52 heavy (non-hydrogen) atoms. The second-order valence-corrected chi connectivity index (χ2v) is 15.8. The van der Waals surface area contributed by atoms with Crippen LogP contribution in [0.2, 0.25) is 0 Å². The summed E-state index contributed by atoms with van der Waals surface area (Å²) in [6.07, 6.45) is 42.8. The predicted molar refractivity (Wildman–Crippen MR) is 223 cm³/mol. The van der Waals surface area contributed by atoms with Gasteiger partial charge in [0.25, 0.3) is 0 Å². The van der Waals surface area contributed by atoms with E-state index in [9.17, 15) is 19.8 Å². The Bertz CT molecular complexity index is 787. The van der Waals surface area contributed by atoms with Crippen LogP contribution in [0.1, 0.15) is 245 Å². The Hall–Kier alpha value is -1.40. The van der Waals surface area contributed by atoms with Crippen LogP contribution >= 0.6 is 0 Å². The maximum atomic E-state index is 13.1. The van der Waals surface area contributed by atoms with E-state index in [1.165, 1.54) is 135 Å². The first kappa shape index (κ1) is 50.6. The first-order valence-electron chi connectivity index (χ1n) is 22.9. The molecule has 0 bridgehead atoms. The Kier molecular flexibility index (Phi) is 39.7. The topological polar surface area (TPSA) is 95.9 Å². The third kappa shape index (κ3) is 35.6.